The highest BCUT2D eigenvalue weighted by Crippen LogP contribution is 2.10. The highest BCUT2D eigenvalue weighted by molar-refractivity contribution is 5.78. The first-order valence-electron chi connectivity index (χ1n) is 7.06. The van der Waals surface area contributed by atoms with Gasteiger partial charge < -0.3 is 20.5 Å². The minimum Gasteiger partial charge on any atom is -0.392 e. The van der Waals surface area contributed by atoms with Crippen molar-refractivity contribution >= 4 is 5.91 Å². The molecule has 5 heteroatoms. The molecular weight excluding hydrogens is 256 g/mol. The van der Waals surface area contributed by atoms with Crippen LogP contribution in [-0.2, 0) is 22.7 Å². The second kappa shape index (κ2) is 7.99. The number of aliphatic hydroxyl groups excluding tert-OH is 1. The largest absolute Gasteiger partial charge is 0.392 e. The average Bonchev–Trinajstić information content (AvgIpc) is 2.98. The van der Waals surface area contributed by atoms with Crippen molar-refractivity contribution in [2.24, 2.45) is 0 Å². The molecule has 0 radical (unpaired) electrons. The van der Waals surface area contributed by atoms with Crippen molar-refractivity contribution in [2.45, 2.75) is 32.1 Å². The minimum absolute atomic E-state index is 0.0106. The lowest BCUT2D eigenvalue weighted by Gasteiger charge is -2.12. The second-order valence-corrected chi connectivity index (χ2v) is 4.97. The standard InChI is InChI=1S/C15H22N2O3/c18-11-13-5-2-1-4-12(13)8-17-15(19)10-16-9-14-6-3-7-20-14/h1-2,4-5,14,16,18H,3,6-11H2,(H,17,19). The van der Waals surface area contributed by atoms with Crippen LogP contribution in [0.15, 0.2) is 24.3 Å². The van der Waals surface area contributed by atoms with Crippen LogP contribution in [0.4, 0.5) is 0 Å². The molecule has 1 fully saturated rings. The molecule has 0 aromatic heterocycles. The van der Waals surface area contributed by atoms with Crippen molar-refractivity contribution in [1.82, 2.24) is 10.6 Å². The van der Waals surface area contributed by atoms with E-state index in [0.717, 1.165) is 37.1 Å². The molecule has 2 rings (SSSR count). The van der Waals surface area contributed by atoms with Crippen LogP contribution in [0.25, 0.3) is 0 Å². The zero-order chi connectivity index (χ0) is 14.2. The normalized spacial score (nSPS) is 18.1. The highest BCUT2D eigenvalue weighted by atomic mass is 16.5. The lowest BCUT2D eigenvalue weighted by Crippen LogP contribution is -2.37. The molecule has 0 saturated carbocycles. The Kier molecular flexibility index (Phi) is 5.98. The molecule has 1 aromatic carbocycles. The van der Waals surface area contributed by atoms with Gasteiger partial charge in [0.2, 0.25) is 5.91 Å². The summed E-state index contributed by atoms with van der Waals surface area (Å²) in [6.45, 7) is 2.28. The number of aliphatic hydroxyl groups is 1. The third-order valence-corrected chi connectivity index (χ3v) is 3.45. The van der Waals surface area contributed by atoms with Gasteiger partial charge in [0.25, 0.3) is 0 Å². The van der Waals surface area contributed by atoms with Crippen LogP contribution in [0, 0.1) is 0 Å². The van der Waals surface area contributed by atoms with Crippen molar-refractivity contribution in [3.05, 3.63) is 35.4 Å². The van der Waals surface area contributed by atoms with Gasteiger partial charge in [-0.1, -0.05) is 24.3 Å². The number of ether oxygens (including phenoxy) is 1. The molecule has 1 aliphatic heterocycles. The Morgan fingerprint density at radius 1 is 1.35 bits per heavy atom. The molecule has 1 aliphatic rings. The molecule has 1 atom stereocenters. The molecule has 1 aromatic rings. The summed E-state index contributed by atoms with van der Waals surface area (Å²) in [6.07, 6.45) is 2.42. The Bertz CT molecular complexity index is 431. The third-order valence-electron chi connectivity index (χ3n) is 3.45. The third kappa shape index (κ3) is 4.59. The Hall–Kier alpha value is -1.43. The predicted octanol–water partition coefficient (Wildman–Crippen LogP) is 0.564. The Labute approximate surface area is 119 Å². The molecule has 1 saturated heterocycles. The second-order valence-electron chi connectivity index (χ2n) is 4.97. The smallest absolute Gasteiger partial charge is 0.234 e. The summed E-state index contributed by atoms with van der Waals surface area (Å²) in [5.41, 5.74) is 1.79. The first-order valence-corrected chi connectivity index (χ1v) is 7.06. The summed E-state index contributed by atoms with van der Waals surface area (Å²) in [4.78, 5) is 11.7. The lowest BCUT2D eigenvalue weighted by atomic mass is 10.1. The zero-order valence-corrected chi connectivity index (χ0v) is 11.6. The van der Waals surface area contributed by atoms with Gasteiger partial charge in [-0.15, -0.1) is 0 Å². The topological polar surface area (TPSA) is 70.6 Å². The molecule has 1 unspecified atom stereocenters. The van der Waals surface area contributed by atoms with Gasteiger partial charge in [0.05, 0.1) is 19.3 Å². The van der Waals surface area contributed by atoms with Gasteiger partial charge in [-0.3, -0.25) is 4.79 Å². The quantitative estimate of drug-likeness (QED) is 0.682. The van der Waals surface area contributed by atoms with E-state index in [0.29, 0.717) is 13.1 Å². The summed E-state index contributed by atoms with van der Waals surface area (Å²) in [6, 6.07) is 7.54. The number of hydrogen-bond donors (Lipinski definition) is 3. The summed E-state index contributed by atoms with van der Waals surface area (Å²) < 4.78 is 5.47. The zero-order valence-electron chi connectivity index (χ0n) is 11.6. The summed E-state index contributed by atoms with van der Waals surface area (Å²) in [7, 11) is 0. The SMILES string of the molecule is O=C(CNCC1CCCO1)NCc1ccccc1CO. The van der Waals surface area contributed by atoms with Crippen molar-refractivity contribution in [3.63, 3.8) is 0 Å². The molecular formula is C15H22N2O3. The van der Waals surface area contributed by atoms with Crippen molar-refractivity contribution < 1.29 is 14.6 Å². The maximum absolute atomic E-state index is 11.7. The first-order chi connectivity index (χ1) is 9.79. The van der Waals surface area contributed by atoms with Crippen LogP contribution in [0.1, 0.15) is 24.0 Å². The van der Waals surface area contributed by atoms with E-state index in [1.165, 1.54) is 0 Å². The van der Waals surface area contributed by atoms with Gasteiger partial charge in [-0.25, -0.2) is 0 Å². The van der Waals surface area contributed by atoms with E-state index in [9.17, 15) is 9.90 Å². The Morgan fingerprint density at radius 2 is 2.15 bits per heavy atom. The van der Waals surface area contributed by atoms with Crippen molar-refractivity contribution in [3.8, 4) is 0 Å². The molecule has 1 heterocycles. The fraction of sp³-hybridized carbons (Fsp3) is 0.533. The predicted molar refractivity (Wildman–Crippen MR) is 76.1 cm³/mol. The number of carbonyl (C=O) groups is 1. The molecule has 0 aliphatic carbocycles. The van der Waals surface area contributed by atoms with E-state index in [4.69, 9.17) is 4.74 Å². The van der Waals surface area contributed by atoms with Gasteiger partial charge >= 0.3 is 0 Å². The molecule has 1 amide bonds. The number of nitrogens with one attached hydrogen (secondary N) is 2. The van der Waals surface area contributed by atoms with E-state index in [1.54, 1.807) is 0 Å². The fourth-order valence-corrected chi connectivity index (χ4v) is 2.29. The number of hydrogen-bond acceptors (Lipinski definition) is 4. The van der Waals surface area contributed by atoms with Gasteiger partial charge in [0, 0.05) is 19.7 Å². The van der Waals surface area contributed by atoms with E-state index in [1.807, 2.05) is 24.3 Å². The summed E-state index contributed by atoms with van der Waals surface area (Å²) in [5, 5.41) is 15.2. The molecule has 3 N–H and O–H groups in total. The van der Waals surface area contributed by atoms with Gasteiger partial charge in [0.15, 0.2) is 0 Å². The van der Waals surface area contributed by atoms with Crippen LogP contribution < -0.4 is 10.6 Å². The van der Waals surface area contributed by atoms with Crippen LogP contribution >= 0.6 is 0 Å². The van der Waals surface area contributed by atoms with Gasteiger partial charge in [-0.05, 0) is 24.0 Å². The van der Waals surface area contributed by atoms with E-state index in [-0.39, 0.29) is 18.6 Å². The van der Waals surface area contributed by atoms with E-state index >= 15 is 0 Å². The maximum Gasteiger partial charge on any atom is 0.234 e. The Morgan fingerprint density at radius 3 is 2.85 bits per heavy atom. The highest BCUT2D eigenvalue weighted by Gasteiger charge is 2.15. The Balaban J connectivity index is 1.66. The summed E-state index contributed by atoms with van der Waals surface area (Å²) in [5.74, 6) is -0.0456. The van der Waals surface area contributed by atoms with Crippen LogP contribution in [0.3, 0.4) is 0 Å². The van der Waals surface area contributed by atoms with Crippen LogP contribution in [-0.4, -0.2) is 36.8 Å². The van der Waals surface area contributed by atoms with Crippen molar-refractivity contribution in [2.75, 3.05) is 19.7 Å². The molecule has 0 bridgehead atoms. The molecule has 20 heavy (non-hydrogen) atoms. The number of rotatable bonds is 7. The van der Waals surface area contributed by atoms with E-state index in [2.05, 4.69) is 10.6 Å². The lowest BCUT2D eigenvalue weighted by molar-refractivity contribution is -0.120. The monoisotopic (exact) mass is 278 g/mol. The van der Waals surface area contributed by atoms with E-state index < -0.39 is 0 Å². The molecule has 110 valence electrons. The van der Waals surface area contributed by atoms with Crippen LogP contribution in [0.2, 0.25) is 0 Å². The summed E-state index contributed by atoms with van der Waals surface area (Å²) >= 11 is 0. The maximum atomic E-state index is 11.7. The average molecular weight is 278 g/mol. The van der Waals surface area contributed by atoms with Gasteiger partial charge in [0.1, 0.15) is 0 Å². The minimum atomic E-state index is -0.0456. The number of amides is 1. The first kappa shape index (κ1) is 15.0. The fourth-order valence-electron chi connectivity index (χ4n) is 2.29. The van der Waals surface area contributed by atoms with Crippen LogP contribution in [0.5, 0.6) is 0 Å². The number of carbonyl (C=O) groups excluding carboxylic acids is 1. The van der Waals surface area contributed by atoms with Crippen molar-refractivity contribution in [1.29, 1.82) is 0 Å². The molecule has 5 nitrogen and oxygen atoms in total. The number of benzene rings is 1. The molecule has 0 spiro atoms. The van der Waals surface area contributed by atoms with Gasteiger partial charge in [-0.2, -0.15) is 0 Å².